The second-order valence-electron chi connectivity index (χ2n) is 4.29. The number of halogens is 2. The van der Waals surface area contributed by atoms with Crippen LogP contribution in [0.1, 0.15) is 18.4 Å². The van der Waals surface area contributed by atoms with Crippen LogP contribution in [0.4, 0.5) is 4.39 Å². The van der Waals surface area contributed by atoms with E-state index < -0.39 is 5.67 Å². The fourth-order valence-electron chi connectivity index (χ4n) is 2.26. The van der Waals surface area contributed by atoms with Gasteiger partial charge in [0, 0.05) is 16.6 Å². The molecule has 0 N–H and O–H groups in total. The lowest BCUT2D eigenvalue weighted by Gasteiger charge is -2.36. The fourth-order valence-corrected chi connectivity index (χ4v) is 2.90. The summed E-state index contributed by atoms with van der Waals surface area (Å²) in [6.45, 7) is 1.49. The molecule has 0 aliphatic carbocycles. The van der Waals surface area contributed by atoms with Crippen molar-refractivity contribution in [2.75, 3.05) is 20.1 Å². The standard InChI is InChI=1S/C12H15BrFN/c1-15-8-4-7-12(14,9-15)10-5-2-3-6-11(10)13/h2-3,5-6H,4,7-9H2,1H3. The quantitative estimate of drug-likeness (QED) is 0.758. The smallest absolute Gasteiger partial charge is 0.149 e. The third-order valence-corrected chi connectivity index (χ3v) is 3.68. The average molecular weight is 272 g/mol. The highest BCUT2D eigenvalue weighted by Gasteiger charge is 2.37. The van der Waals surface area contributed by atoms with E-state index in [1.807, 2.05) is 31.3 Å². The van der Waals surface area contributed by atoms with Crippen molar-refractivity contribution in [3.05, 3.63) is 34.3 Å². The number of likely N-dealkylation sites (N-methyl/N-ethyl adjacent to an activating group) is 1. The van der Waals surface area contributed by atoms with Gasteiger partial charge in [0.2, 0.25) is 0 Å². The van der Waals surface area contributed by atoms with Crippen molar-refractivity contribution < 1.29 is 4.39 Å². The summed E-state index contributed by atoms with van der Waals surface area (Å²) in [5.41, 5.74) is -0.399. The molecular formula is C12H15BrFN. The maximum Gasteiger partial charge on any atom is 0.149 e. The molecule has 3 heteroatoms. The topological polar surface area (TPSA) is 3.24 Å². The van der Waals surface area contributed by atoms with Crippen molar-refractivity contribution in [3.8, 4) is 0 Å². The molecule has 1 heterocycles. The van der Waals surface area contributed by atoms with E-state index in [0.29, 0.717) is 13.0 Å². The van der Waals surface area contributed by atoms with Gasteiger partial charge in [-0.3, -0.25) is 0 Å². The Hall–Kier alpha value is -0.410. The van der Waals surface area contributed by atoms with Crippen LogP contribution in [0.5, 0.6) is 0 Å². The number of hydrogen-bond donors (Lipinski definition) is 0. The van der Waals surface area contributed by atoms with Gasteiger partial charge in [-0.2, -0.15) is 0 Å². The Balaban J connectivity index is 2.32. The van der Waals surface area contributed by atoms with Gasteiger partial charge in [-0.1, -0.05) is 34.1 Å². The van der Waals surface area contributed by atoms with Crippen molar-refractivity contribution in [2.45, 2.75) is 18.5 Å². The van der Waals surface area contributed by atoms with Gasteiger partial charge in [-0.05, 0) is 32.5 Å². The van der Waals surface area contributed by atoms with E-state index in [-0.39, 0.29) is 0 Å². The third kappa shape index (κ3) is 2.23. The van der Waals surface area contributed by atoms with Crippen molar-refractivity contribution in [3.63, 3.8) is 0 Å². The van der Waals surface area contributed by atoms with Gasteiger partial charge in [0.25, 0.3) is 0 Å². The number of hydrogen-bond acceptors (Lipinski definition) is 1. The van der Waals surface area contributed by atoms with E-state index in [4.69, 9.17) is 0 Å². The summed E-state index contributed by atoms with van der Waals surface area (Å²) >= 11 is 3.43. The van der Waals surface area contributed by atoms with Crippen LogP contribution in [0, 0.1) is 0 Å². The lowest BCUT2D eigenvalue weighted by atomic mass is 9.88. The molecule has 1 atom stereocenters. The lowest BCUT2D eigenvalue weighted by Crippen LogP contribution is -2.41. The lowest BCUT2D eigenvalue weighted by molar-refractivity contribution is 0.0557. The van der Waals surface area contributed by atoms with Gasteiger partial charge in [-0.25, -0.2) is 4.39 Å². The van der Waals surface area contributed by atoms with Gasteiger partial charge >= 0.3 is 0 Å². The minimum absolute atomic E-state index is 0.496. The first kappa shape index (κ1) is 11.1. The fraction of sp³-hybridized carbons (Fsp3) is 0.500. The molecule has 1 aromatic rings. The number of rotatable bonds is 1. The predicted octanol–water partition coefficient (Wildman–Crippen LogP) is 3.34. The molecule has 1 nitrogen and oxygen atoms in total. The van der Waals surface area contributed by atoms with Gasteiger partial charge in [0.1, 0.15) is 5.67 Å². The van der Waals surface area contributed by atoms with Crippen LogP contribution in [0.2, 0.25) is 0 Å². The molecule has 2 rings (SSSR count). The first-order chi connectivity index (χ1) is 7.12. The zero-order valence-corrected chi connectivity index (χ0v) is 10.4. The number of benzene rings is 1. The van der Waals surface area contributed by atoms with Crippen LogP contribution >= 0.6 is 15.9 Å². The van der Waals surface area contributed by atoms with Crippen LogP contribution in [0.15, 0.2) is 28.7 Å². The van der Waals surface area contributed by atoms with Crippen molar-refractivity contribution in [1.29, 1.82) is 0 Å². The Morgan fingerprint density at radius 2 is 2.13 bits per heavy atom. The molecule has 0 radical (unpaired) electrons. The molecule has 1 aliphatic rings. The molecule has 1 aromatic carbocycles. The van der Waals surface area contributed by atoms with Crippen LogP contribution < -0.4 is 0 Å². The Morgan fingerprint density at radius 3 is 2.80 bits per heavy atom. The van der Waals surface area contributed by atoms with E-state index in [1.54, 1.807) is 0 Å². The summed E-state index contributed by atoms with van der Waals surface area (Å²) in [4.78, 5) is 2.06. The maximum atomic E-state index is 14.7. The summed E-state index contributed by atoms with van der Waals surface area (Å²) in [5.74, 6) is 0. The minimum atomic E-state index is -1.19. The molecule has 0 amide bonds. The van der Waals surface area contributed by atoms with Gasteiger partial charge < -0.3 is 4.90 Å². The van der Waals surface area contributed by atoms with Crippen LogP contribution in [0.25, 0.3) is 0 Å². The molecule has 1 unspecified atom stereocenters. The highest BCUT2D eigenvalue weighted by molar-refractivity contribution is 9.10. The molecule has 0 aromatic heterocycles. The molecule has 0 saturated carbocycles. The van der Waals surface area contributed by atoms with E-state index in [1.165, 1.54) is 0 Å². The van der Waals surface area contributed by atoms with E-state index in [9.17, 15) is 4.39 Å². The van der Waals surface area contributed by atoms with E-state index >= 15 is 0 Å². The molecule has 15 heavy (non-hydrogen) atoms. The number of alkyl halides is 1. The van der Waals surface area contributed by atoms with E-state index in [2.05, 4.69) is 20.8 Å². The highest BCUT2D eigenvalue weighted by atomic mass is 79.9. The summed E-state index contributed by atoms with van der Waals surface area (Å²) in [7, 11) is 1.98. The second kappa shape index (κ2) is 4.22. The Kier molecular flexibility index (Phi) is 3.12. The van der Waals surface area contributed by atoms with Gasteiger partial charge in [0.15, 0.2) is 0 Å². The second-order valence-corrected chi connectivity index (χ2v) is 5.14. The normalized spacial score (nSPS) is 27.9. The van der Waals surface area contributed by atoms with Crippen molar-refractivity contribution in [1.82, 2.24) is 4.90 Å². The maximum absolute atomic E-state index is 14.7. The molecule has 82 valence electrons. The van der Waals surface area contributed by atoms with Gasteiger partial charge in [-0.15, -0.1) is 0 Å². The monoisotopic (exact) mass is 271 g/mol. The van der Waals surface area contributed by atoms with Crippen LogP contribution in [-0.4, -0.2) is 25.0 Å². The highest BCUT2D eigenvalue weighted by Crippen LogP contribution is 2.38. The average Bonchev–Trinajstić information content (AvgIpc) is 2.17. The first-order valence-corrected chi connectivity index (χ1v) is 6.04. The Bertz CT molecular complexity index is 355. The molecule has 0 spiro atoms. The van der Waals surface area contributed by atoms with Crippen LogP contribution in [-0.2, 0) is 5.67 Å². The summed E-state index contributed by atoms with van der Waals surface area (Å²) in [6.07, 6.45) is 1.55. The predicted molar refractivity (Wildman–Crippen MR) is 63.7 cm³/mol. The van der Waals surface area contributed by atoms with Crippen molar-refractivity contribution >= 4 is 15.9 Å². The Morgan fingerprint density at radius 1 is 1.40 bits per heavy atom. The van der Waals surface area contributed by atoms with Gasteiger partial charge in [0.05, 0.1) is 0 Å². The molecule has 1 saturated heterocycles. The summed E-state index contributed by atoms with van der Waals surface area (Å²) < 4.78 is 15.6. The molecule has 1 fully saturated rings. The summed E-state index contributed by atoms with van der Waals surface area (Å²) in [5, 5.41) is 0. The largest absolute Gasteiger partial charge is 0.303 e. The number of nitrogens with zero attached hydrogens (tertiary/aromatic N) is 1. The Labute approximate surface area is 98.4 Å². The zero-order chi connectivity index (χ0) is 10.9. The third-order valence-electron chi connectivity index (χ3n) is 2.99. The molecule has 0 bridgehead atoms. The molecule has 1 aliphatic heterocycles. The van der Waals surface area contributed by atoms with Crippen LogP contribution in [0.3, 0.4) is 0 Å². The zero-order valence-electron chi connectivity index (χ0n) is 8.84. The summed E-state index contributed by atoms with van der Waals surface area (Å²) in [6, 6.07) is 7.61. The molecular weight excluding hydrogens is 257 g/mol. The van der Waals surface area contributed by atoms with Crippen molar-refractivity contribution in [2.24, 2.45) is 0 Å². The van der Waals surface area contributed by atoms with E-state index in [0.717, 1.165) is 23.0 Å². The number of piperidine rings is 1. The minimum Gasteiger partial charge on any atom is -0.303 e. The number of likely N-dealkylation sites (tertiary alicyclic amines) is 1. The SMILES string of the molecule is CN1CCCC(F)(c2ccccc2Br)C1. The first-order valence-electron chi connectivity index (χ1n) is 5.24.